The van der Waals surface area contributed by atoms with Gasteiger partial charge in [-0.25, -0.2) is 0 Å². The van der Waals surface area contributed by atoms with Gasteiger partial charge in [-0.15, -0.1) is 0 Å². The molecule has 0 bridgehead atoms. The lowest BCUT2D eigenvalue weighted by atomic mass is 9.96. The van der Waals surface area contributed by atoms with Gasteiger partial charge in [-0.1, -0.05) is 61.7 Å². The van der Waals surface area contributed by atoms with Crippen molar-refractivity contribution in [1.82, 2.24) is 0 Å². The van der Waals surface area contributed by atoms with E-state index in [1.54, 1.807) is 0 Å². The van der Waals surface area contributed by atoms with Crippen molar-refractivity contribution in [2.24, 2.45) is 0 Å². The highest BCUT2D eigenvalue weighted by molar-refractivity contribution is 9.10. The second kappa shape index (κ2) is 5.99. The molecular weight excluding hydrogens is 387 g/mol. The standard InChI is InChI=1S/C16H15Br2Cl/c1-9-8-14(17)10(2)7-13(9)16(18)12-5-4-6-15(19)11(12)3/h4-8,16H,1-3H3. The summed E-state index contributed by atoms with van der Waals surface area (Å²) < 4.78 is 1.15. The summed E-state index contributed by atoms with van der Waals surface area (Å²) in [5, 5.41) is 0.813. The van der Waals surface area contributed by atoms with Crippen LogP contribution in [0.3, 0.4) is 0 Å². The zero-order valence-electron chi connectivity index (χ0n) is 11.1. The van der Waals surface area contributed by atoms with Crippen LogP contribution in [-0.4, -0.2) is 0 Å². The third kappa shape index (κ3) is 3.07. The highest BCUT2D eigenvalue weighted by Gasteiger charge is 2.17. The molecule has 0 heterocycles. The van der Waals surface area contributed by atoms with Crippen LogP contribution in [0.4, 0.5) is 0 Å². The number of halogens is 3. The minimum Gasteiger partial charge on any atom is -0.0840 e. The van der Waals surface area contributed by atoms with Crippen LogP contribution in [0, 0.1) is 20.8 Å². The number of aryl methyl sites for hydroxylation is 2. The van der Waals surface area contributed by atoms with Gasteiger partial charge in [-0.2, -0.15) is 0 Å². The van der Waals surface area contributed by atoms with Crippen molar-refractivity contribution in [3.63, 3.8) is 0 Å². The first-order valence-electron chi connectivity index (χ1n) is 6.07. The van der Waals surface area contributed by atoms with Crippen LogP contribution in [0.2, 0.25) is 5.02 Å². The van der Waals surface area contributed by atoms with Crippen LogP contribution in [0.1, 0.15) is 32.6 Å². The van der Waals surface area contributed by atoms with Crippen LogP contribution in [0.15, 0.2) is 34.8 Å². The van der Waals surface area contributed by atoms with E-state index in [1.165, 1.54) is 22.3 Å². The Labute approximate surface area is 136 Å². The van der Waals surface area contributed by atoms with E-state index < -0.39 is 0 Å². The zero-order valence-corrected chi connectivity index (χ0v) is 15.0. The maximum atomic E-state index is 6.21. The van der Waals surface area contributed by atoms with Crippen molar-refractivity contribution in [3.8, 4) is 0 Å². The predicted octanol–water partition coefficient (Wildman–Crippen LogP) is 6.51. The van der Waals surface area contributed by atoms with Gasteiger partial charge in [-0.05, 0) is 60.7 Å². The van der Waals surface area contributed by atoms with Crippen molar-refractivity contribution in [3.05, 3.63) is 67.6 Å². The van der Waals surface area contributed by atoms with Gasteiger partial charge >= 0.3 is 0 Å². The van der Waals surface area contributed by atoms with E-state index in [0.29, 0.717) is 0 Å². The van der Waals surface area contributed by atoms with Crippen molar-refractivity contribution in [1.29, 1.82) is 0 Å². The monoisotopic (exact) mass is 400 g/mol. The molecular formula is C16H15Br2Cl. The van der Waals surface area contributed by atoms with Crippen molar-refractivity contribution in [2.45, 2.75) is 25.6 Å². The van der Waals surface area contributed by atoms with E-state index in [2.05, 4.69) is 70.8 Å². The van der Waals surface area contributed by atoms with Crippen molar-refractivity contribution in [2.75, 3.05) is 0 Å². The second-order valence-corrected chi connectivity index (χ2v) is 6.95. The van der Waals surface area contributed by atoms with Crippen LogP contribution in [0.5, 0.6) is 0 Å². The fourth-order valence-electron chi connectivity index (χ4n) is 2.14. The average Bonchev–Trinajstić information content (AvgIpc) is 2.36. The minimum absolute atomic E-state index is 0.165. The summed E-state index contributed by atoms with van der Waals surface area (Å²) in [4.78, 5) is 0.165. The van der Waals surface area contributed by atoms with Crippen LogP contribution in [0.25, 0.3) is 0 Å². The Kier molecular flexibility index (Phi) is 4.75. The van der Waals surface area contributed by atoms with E-state index in [1.807, 2.05) is 12.1 Å². The van der Waals surface area contributed by atoms with Gasteiger partial charge < -0.3 is 0 Å². The quantitative estimate of drug-likeness (QED) is 0.502. The molecule has 0 nitrogen and oxygen atoms in total. The number of hydrogen-bond donors (Lipinski definition) is 0. The highest BCUT2D eigenvalue weighted by atomic mass is 79.9. The van der Waals surface area contributed by atoms with E-state index in [4.69, 9.17) is 11.6 Å². The summed E-state index contributed by atoms with van der Waals surface area (Å²) in [7, 11) is 0. The SMILES string of the molecule is Cc1cc(C(Br)c2cccc(Cl)c2C)c(C)cc1Br. The molecule has 2 aromatic rings. The van der Waals surface area contributed by atoms with Crippen LogP contribution < -0.4 is 0 Å². The molecule has 2 aromatic carbocycles. The molecule has 100 valence electrons. The van der Waals surface area contributed by atoms with Gasteiger partial charge in [-0.3, -0.25) is 0 Å². The molecule has 0 aromatic heterocycles. The van der Waals surface area contributed by atoms with Gasteiger partial charge in [0.1, 0.15) is 0 Å². The summed E-state index contributed by atoms with van der Waals surface area (Å²) in [5.74, 6) is 0. The molecule has 2 rings (SSSR count). The average molecular weight is 403 g/mol. The maximum absolute atomic E-state index is 6.21. The fraction of sp³-hybridized carbons (Fsp3) is 0.250. The molecule has 0 radical (unpaired) electrons. The Hall–Kier alpha value is -0.310. The molecule has 0 amide bonds. The smallest absolute Gasteiger partial charge is 0.0650 e. The third-order valence-electron chi connectivity index (χ3n) is 3.40. The maximum Gasteiger partial charge on any atom is 0.0650 e. The summed E-state index contributed by atoms with van der Waals surface area (Å²) in [6.07, 6.45) is 0. The number of benzene rings is 2. The molecule has 1 unspecified atom stereocenters. The number of rotatable bonds is 2. The molecule has 0 saturated carbocycles. The lowest BCUT2D eigenvalue weighted by Gasteiger charge is -2.18. The van der Waals surface area contributed by atoms with Gasteiger partial charge in [0, 0.05) is 9.50 Å². The first-order valence-corrected chi connectivity index (χ1v) is 8.16. The summed E-state index contributed by atoms with van der Waals surface area (Å²) >= 11 is 13.6. The van der Waals surface area contributed by atoms with E-state index >= 15 is 0 Å². The number of hydrogen-bond acceptors (Lipinski definition) is 0. The molecule has 0 aliphatic carbocycles. The first kappa shape index (κ1) is 15.1. The summed E-state index contributed by atoms with van der Waals surface area (Å²) in [5.41, 5.74) is 6.14. The largest absolute Gasteiger partial charge is 0.0840 e. The summed E-state index contributed by atoms with van der Waals surface area (Å²) in [6.45, 7) is 6.30. The van der Waals surface area contributed by atoms with Gasteiger partial charge in [0.2, 0.25) is 0 Å². The zero-order chi connectivity index (χ0) is 14.2. The van der Waals surface area contributed by atoms with Crippen LogP contribution >= 0.6 is 43.5 Å². The second-order valence-electron chi connectivity index (χ2n) is 4.77. The molecule has 0 spiro atoms. The van der Waals surface area contributed by atoms with Crippen LogP contribution in [-0.2, 0) is 0 Å². The Morgan fingerprint density at radius 2 is 1.68 bits per heavy atom. The van der Waals surface area contributed by atoms with Gasteiger partial charge in [0.25, 0.3) is 0 Å². The third-order valence-corrected chi connectivity index (χ3v) is 5.65. The Morgan fingerprint density at radius 1 is 1.00 bits per heavy atom. The topological polar surface area (TPSA) is 0 Å². The molecule has 1 atom stereocenters. The Morgan fingerprint density at radius 3 is 2.37 bits per heavy atom. The molecule has 3 heteroatoms. The Balaban J connectivity index is 2.53. The van der Waals surface area contributed by atoms with E-state index in [9.17, 15) is 0 Å². The lowest BCUT2D eigenvalue weighted by molar-refractivity contribution is 1.11. The Bertz CT molecular complexity index is 620. The predicted molar refractivity (Wildman–Crippen MR) is 90.6 cm³/mol. The first-order chi connectivity index (χ1) is 8.91. The van der Waals surface area contributed by atoms with Crippen molar-refractivity contribution >= 4 is 43.5 Å². The molecule has 0 aliphatic rings. The molecule has 19 heavy (non-hydrogen) atoms. The number of alkyl halides is 1. The minimum atomic E-state index is 0.165. The van der Waals surface area contributed by atoms with Crippen molar-refractivity contribution < 1.29 is 0 Å². The summed E-state index contributed by atoms with van der Waals surface area (Å²) in [6, 6.07) is 10.4. The molecule has 0 N–H and O–H groups in total. The molecule has 0 saturated heterocycles. The normalized spacial score (nSPS) is 12.5. The van der Waals surface area contributed by atoms with E-state index in [0.717, 1.165) is 15.1 Å². The van der Waals surface area contributed by atoms with Gasteiger partial charge in [0.05, 0.1) is 4.83 Å². The molecule has 0 fully saturated rings. The fourth-order valence-corrected chi connectivity index (χ4v) is 3.77. The highest BCUT2D eigenvalue weighted by Crippen LogP contribution is 2.38. The van der Waals surface area contributed by atoms with Gasteiger partial charge in [0.15, 0.2) is 0 Å². The molecule has 0 aliphatic heterocycles. The van der Waals surface area contributed by atoms with E-state index in [-0.39, 0.29) is 4.83 Å². The lowest BCUT2D eigenvalue weighted by Crippen LogP contribution is -2.00.